The summed E-state index contributed by atoms with van der Waals surface area (Å²) in [6.07, 6.45) is -1.06. The number of alkyl halides is 3. The number of rotatable bonds is 4. The quantitative estimate of drug-likeness (QED) is 0.780. The van der Waals surface area contributed by atoms with Crippen LogP contribution in [0.15, 0.2) is 29.6 Å². The molecule has 1 aromatic heterocycles. The number of halogens is 3. The molecular formula is C20H21F3N4O2S. The Morgan fingerprint density at radius 2 is 1.90 bits per heavy atom. The predicted molar refractivity (Wildman–Crippen MR) is 107 cm³/mol. The Kier molecular flexibility index (Phi) is 5.68. The molecule has 10 heteroatoms. The van der Waals surface area contributed by atoms with Gasteiger partial charge in [0, 0.05) is 30.7 Å². The average molecular weight is 438 g/mol. The van der Waals surface area contributed by atoms with E-state index >= 15 is 0 Å². The van der Waals surface area contributed by atoms with Gasteiger partial charge in [0.2, 0.25) is 5.91 Å². The van der Waals surface area contributed by atoms with Crippen LogP contribution in [0.4, 0.5) is 24.0 Å². The van der Waals surface area contributed by atoms with Gasteiger partial charge in [-0.25, -0.2) is 4.98 Å². The van der Waals surface area contributed by atoms with E-state index < -0.39 is 17.8 Å². The minimum absolute atomic E-state index is 0.00380. The number of hydrogen-bond donors (Lipinski definition) is 1. The molecule has 2 saturated heterocycles. The number of benzene rings is 1. The molecule has 0 radical (unpaired) electrons. The van der Waals surface area contributed by atoms with Crippen molar-refractivity contribution in [1.29, 1.82) is 0 Å². The molecule has 1 N–H and O–H groups in total. The van der Waals surface area contributed by atoms with Gasteiger partial charge in [0.25, 0.3) is 5.91 Å². The van der Waals surface area contributed by atoms with Gasteiger partial charge >= 0.3 is 6.18 Å². The maximum atomic E-state index is 13.0. The Labute approximate surface area is 175 Å². The van der Waals surface area contributed by atoms with Crippen molar-refractivity contribution in [3.63, 3.8) is 0 Å². The number of carbonyl (C=O) groups excluding carboxylic acids is 2. The van der Waals surface area contributed by atoms with Crippen LogP contribution in [-0.2, 0) is 11.0 Å². The second-order valence-corrected chi connectivity index (χ2v) is 8.29. The summed E-state index contributed by atoms with van der Waals surface area (Å²) in [5.74, 6) is -0.325. The van der Waals surface area contributed by atoms with E-state index in [1.54, 1.807) is 10.3 Å². The Balaban J connectivity index is 1.45. The van der Waals surface area contributed by atoms with Gasteiger partial charge < -0.3 is 15.1 Å². The smallest absolute Gasteiger partial charge is 0.341 e. The van der Waals surface area contributed by atoms with Gasteiger partial charge in [-0.3, -0.25) is 9.59 Å². The molecule has 2 amide bonds. The number of carbonyl (C=O) groups is 2. The summed E-state index contributed by atoms with van der Waals surface area (Å²) in [7, 11) is 0. The van der Waals surface area contributed by atoms with Crippen molar-refractivity contribution in [2.24, 2.45) is 0 Å². The zero-order valence-electron chi connectivity index (χ0n) is 16.1. The molecule has 2 aromatic rings. The molecule has 0 aliphatic carbocycles. The Morgan fingerprint density at radius 1 is 1.13 bits per heavy atom. The molecular weight excluding hydrogens is 417 g/mol. The summed E-state index contributed by atoms with van der Waals surface area (Å²) >= 11 is 1.13. The molecule has 1 atom stereocenters. The predicted octanol–water partition coefficient (Wildman–Crippen LogP) is 4.13. The topological polar surface area (TPSA) is 65.5 Å². The first-order valence-corrected chi connectivity index (χ1v) is 10.7. The maximum Gasteiger partial charge on any atom is 0.416 e. The van der Waals surface area contributed by atoms with Crippen LogP contribution < -0.4 is 5.32 Å². The molecule has 0 spiro atoms. The normalized spacial score (nSPS) is 19.4. The van der Waals surface area contributed by atoms with Crippen molar-refractivity contribution < 1.29 is 22.8 Å². The van der Waals surface area contributed by atoms with Crippen LogP contribution in [0.2, 0.25) is 0 Å². The molecule has 1 aromatic carbocycles. The van der Waals surface area contributed by atoms with Gasteiger partial charge in [0.05, 0.1) is 5.56 Å². The van der Waals surface area contributed by atoms with Gasteiger partial charge in [-0.2, -0.15) is 13.2 Å². The van der Waals surface area contributed by atoms with Crippen molar-refractivity contribution in [2.75, 3.05) is 25.0 Å². The van der Waals surface area contributed by atoms with Crippen molar-refractivity contribution >= 4 is 34.0 Å². The minimum atomic E-state index is -4.44. The fourth-order valence-electron chi connectivity index (χ4n) is 3.89. The molecule has 30 heavy (non-hydrogen) atoms. The summed E-state index contributed by atoms with van der Waals surface area (Å²) < 4.78 is 38.6. The number of hydrogen-bond acceptors (Lipinski definition) is 5. The maximum absolute atomic E-state index is 13.0. The lowest BCUT2D eigenvalue weighted by Crippen LogP contribution is -2.47. The molecule has 6 nitrogen and oxygen atoms in total. The molecule has 0 saturated carbocycles. The van der Waals surface area contributed by atoms with Crippen molar-refractivity contribution in [3.8, 4) is 0 Å². The van der Waals surface area contributed by atoms with E-state index in [2.05, 4.69) is 10.3 Å². The number of nitrogens with one attached hydrogen (secondary N) is 1. The first-order chi connectivity index (χ1) is 14.3. The molecule has 0 bridgehead atoms. The zero-order valence-corrected chi connectivity index (χ0v) is 16.9. The fraction of sp³-hybridized carbons (Fsp3) is 0.450. The highest BCUT2D eigenvalue weighted by molar-refractivity contribution is 7.14. The first kappa shape index (κ1) is 20.6. The summed E-state index contributed by atoms with van der Waals surface area (Å²) in [5, 5.41) is 4.70. The van der Waals surface area contributed by atoms with E-state index in [9.17, 15) is 22.8 Å². The van der Waals surface area contributed by atoms with Crippen LogP contribution in [0.1, 0.15) is 41.7 Å². The van der Waals surface area contributed by atoms with Crippen molar-refractivity contribution in [2.45, 2.75) is 37.9 Å². The van der Waals surface area contributed by atoms with Gasteiger partial charge in [0.15, 0.2) is 5.13 Å². The number of thiazole rings is 1. The lowest BCUT2D eigenvalue weighted by molar-refractivity contribution is -0.137. The SMILES string of the molecule is O=C([C@H]1CCCN1C(=O)c1csc(Nc2cccc(C(F)(F)F)c2)n1)N1CCCC1. The number of anilines is 2. The van der Waals surface area contributed by atoms with E-state index in [0.717, 1.165) is 55.8 Å². The van der Waals surface area contributed by atoms with Gasteiger partial charge in [-0.15, -0.1) is 11.3 Å². The third-order valence-corrected chi connectivity index (χ3v) is 6.14. The van der Waals surface area contributed by atoms with Crippen LogP contribution >= 0.6 is 11.3 Å². The van der Waals surface area contributed by atoms with E-state index in [1.807, 2.05) is 4.90 Å². The van der Waals surface area contributed by atoms with Gasteiger partial charge in [0.1, 0.15) is 11.7 Å². The van der Waals surface area contributed by atoms with Crippen LogP contribution in [0.3, 0.4) is 0 Å². The summed E-state index contributed by atoms with van der Waals surface area (Å²) in [6.45, 7) is 1.97. The molecule has 2 fully saturated rings. The molecule has 2 aliphatic rings. The Morgan fingerprint density at radius 3 is 2.63 bits per heavy atom. The van der Waals surface area contributed by atoms with E-state index in [1.165, 1.54) is 12.1 Å². The number of likely N-dealkylation sites (tertiary alicyclic amines) is 2. The van der Waals surface area contributed by atoms with Crippen molar-refractivity contribution in [1.82, 2.24) is 14.8 Å². The number of amides is 2. The Bertz CT molecular complexity index is 940. The van der Waals surface area contributed by atoms with Crippen molar-refractivity contribution in [3.05, 3.63) is 40.9 Å². The van der Waals surface area contributed by atoms with E-state index in [0.29, 0.717) is 18.1 Å². The van der Waals surface area contributed by atoms with Crippen LogP contribution in [-0.4, -0.2) is 52.3 Å². The molecule has 3 heterocycles. The highest BCUT2D eigenvalue weighted by Crippen LogP contribution is 2.32. The standard InChI is InChI=1S/C20H21F3N4O2S/c21-20(22,23)13-5-3-6-14(11-13)24-19-25-15(12-30-19)17(28)27-10-4-7-16(27)18(29)26-8-1-2-9-26/h3,5-6,11-12,16H,1-2,4,7-10H2,(H,24,25)/t16-/m1/s1. The third kappa shape index (κ3) is 4.28. The second-order valence-electron chi connectivity index (χ2n) is 7.43. The summed E-state index contributed by atoms with van der Waals surface area (Å²) in [6, 6.07) is 4.34. The zero-order chi connectivity index (χ0) is 21.3. The fourth-order valence-corrected chi connectivity index (χ4v) is 4.59. The highest BCUT2D eigenvalue weighted by Gasteiger charge is 2.38. The number of nitrogens with zero attached hydrogens (tertiary/aromatic N) is 3. The third-order valence-electron chi connectivity index (χ3n) is 5.38. The van der Waals surface area contributed by atoms with E-state index in [4.69, 9.17) is 0 Å². The summed E-state index contributed by atoms with van der Waals surface area (Å²) in [5.41, 5.74) is -0.335. The van der Waals surface area contributed by atoms with Gasteiger partial charge in [-0.1, -0.05) is 6.07 Å². The van der Waals surface area contributed by atoms with Gasteiger partial charge in [-0.05, 0) is 43.9 Å². The largest absolute Gasteiger partial charge is 0.416 e. The molecule has 4 rings (SSSR count). The van der Waals surface area contributed by atoms with Crippen LogP contribution in [0, 0.1) is 0 Å². The van der Waals surface area contributed by atoms with E-state index in [-0.39, 0.29) is 23.2 Å². The molecule has 0 unspecified atom stereocenters. The Hall–Kier alpha value is -2.62. The molecule has 160 valence electrons. The minimum Gasteiger partial charge on any atom is -0.341 e. The molecule has 2 aliphatic heterocycles. The summed E-state index contributed by atoms with van der Waals surface area (Å²) in [4.78, 5) is 33.3. The first-order valence-electron chi connectivity index (χ1n) is 9.82. The van der Waals surface area contributed by atoms with Crippen LogP contribution in [0.5, 0.6) is 0 Å². The lowest BCUT2D eigenvalue weighted by Gasteiger charge is -2.27. The monoisotopic (exact) mass is 438 g/mol. The lowest BCUT2D eigenvalue weighted by atomic mass is 10.2. The number of aromatic nitrogens is 1. The second kappa shape index (κ2) is 8.25. The van der Waals surface area contributed by atoms with Crippen LogP contribution in [0.25, 0.3) is 0 Å². The highest BCUT2D eigenvalue weighted by atomic mass is 32.1. The average Bonchev–Trinajstić information content (AvgIpc) is 3.47.